The third-order valence-electron chi connectivity index (χ3n) is 4.15. The lowest BCUT2D eigenvalue weighted by Crippen LogP contribution is -2.33. The van der Waals surface area contributed by atoms with Crippen LogP contribution in [0.25, 0.3) is 22.4 Å². The molecular weight excluding hydrogens is 322 g/mol. The molecule has 0 spiro atoms. The molecule has 0 saturated heterocycles. The van der Waals surface area contributed by atoms with Crippen LogP contribution in [0.3, 0.4) is 0 Å². The van der Waals surface area contributed by atoms with E-state index in [1.165, 1.54) is 0 Å². The smallest absolute Gasteiger partial charge is 0.242 e. The highest BCUT2D eigenvalue weighted by molar-refractivity contribution is 6.30. The number of nitrogens with zero attached hydrogens (tertiary/aromatic N) is 3. The molecule has 0 aliphatic carbocycles. The Bertz CT molecular complexity index is 868. The Labute approximate surface area is 146 Å². The number of benzene rings is 2. The third-order valence-corrected chi connectivity index (χ3v) is 4.38. The number of rotatable bonds is 5. The van der Waals surface area contributed by atoms with Gasteiger partial charge in [0.15, 0.2) is 0 Å². The van der Waals surface area contributed by atoms with Gasteiger partial charge in [-0.1, -0.05) is 35.9 Å². The van der Waals surface area contributed by atoms with Crippen molar-refractivity contribution in [3.63, 3.8) is 0 Å². The normalized spacial score (nSPS) is 11.0. The lowest BCUT2D eigenvalue weighted by Gasteiger charge is -2.20. The molecule has 24 heavy (non-hydrogen) atoms. The molecule has 124 valence electrons. The van der Waals surface area contributed by atoms with Crippen LogP contribution in [0.15, 0.2) is 48.5 Å². The van der Waals surface area contributed by atoms with Crippen molar-refractivity contribution in [3.8, 4) is 11.4 Å². The Morgan fingerprint density at radius 3 is 2.58 bits per heavy atom. The van der Waals surface area contributed by atoms with Crippen LogP contribution in [-0.4, -0.2) is 33.4 Å². The summed E-state index contributed by atoms with van der Waals surface area (Å²) in [4.78, 5) is 19.2. The van der Waals surface area contributed by atoms with Crippen molar-refractivity contribution in [3.05, 3.63) is 53.6 Å². The first-order chi connectivity index (χ1) is 11.6. The SMILES string of the molecule is CCN(CC)C(=O)Cn1c(-c2cccc(Cl)c2)nc2ccccc21. The molecule has 0 N–H and O–H groups in total. The number of hydrogen-bond donors (Lipinski definition) is 0. The fourth-order valence-corrected chi connectivity index (χ4v) is 3.09. The molecule has 0 aliphatic rings. The van der Waals surface area contributed by atoms with E-state index in [2.05, 4.69) is 0 Å². The molecule has 4 nitrogen and oxygen atoms in total. The Kier molecular flexibility index (Phi) is 4.86. The average Bonchev–Trinajstić information content (AvgIpc) is 2.95. The summed E-state index contributed by atoms with van der Waals surface area (Å²) < 4.78 is 1.97. The van der Waals surface area contributed by atoms with E-state index in [9.17, 15) is 4.79 Å². The van der Waals surface area contributed by atoms with Gasteiger partial charge in [0.2, 0.25) is 5.91 Å². The summed E-state index contributed by atoms with van der Waals surface area (Å²) in [6.07, 6.45) is 0. The lowest BCUT2D eigenvalue weighted by atomic mass is 10.2. The summed E-state index contributed by atoms with van der Waals surface area (Å²) in [5, 5.41) is 0.654. The highest BCUT2D eigenvalue weighted by Crippen LogP contribution is 2.26. The molecule has 1 heterocycles. The van der Waals surface area contributed by atoms with E-state index in [4.69, 9.17) is 16.6 Å². The quantitative estimate of drug-likeness (QED) is 0.696. The molecule has 1 aromatic heterocycles. The second-order valence-corrected chi connectivity index (χ2v) is 6.02. The van der Waals surface area contributed by atoms with Gasteiger partial charge < -0.3 is 9.47 Å². The van der Waals surface area contributed by atoms with Crippen LogP contribution in [0.5, 0.6) is 0 Å². The zero-order valence-electron chi connectivity index (χ0n) is 13.9. The second kappa shape index (κ2) is 7.05. The van der Waals surface area contributed by atoms with Gasteiger partial charge in [0.05, 0.1) is 11.0 Å². The van der Waals surface area contributed by atoms with Gasteiger partial charge >= 0.3 is 0 Å². The Morgan fingerprint density at radius 2 is 1.88 bits per heavy atom. The number of fused-ring (bicyclic) bond motifs is 1. The monoisotopic (exact) mass is 341 g/mol. The van der Waals surface area contributed by atoms with Gasteiger partial charge in [0.25, 0.3) is 0 Å². The minimum absolute atomic E-state index is 0.0893. The van der Waals surface area contributed by atoms with Crippen LogP contribution in [0.2, 0.25) is 5.02 Å². The van der Waals surface area contributed by atoms with Crippen molar-refractivity contribution < 1.29 is 4.79 Å². The predicted octanol–water partition coefficient (Wildman–Crippen LogP) is 4.23. The fourth-order valence-electron chi connectivity index (χ4n) is 2.90. The van der Waals surface area contributed by atoms with Gasteiger partial charge in [-0.05, 0) is 38.1 Å². The highest BCUT2D eigenvalue weighted by Gasteiger charge is 2.17. The molecule has 3 rings (SSSR count). The summed E-state index contributed by atoms with van der Waals surface area (Å²) >= 11 is 6.13. The number of imidazole rings is 1. The van der Waals surface area contributed by atoms with Crippen molar-refractivity contribution >= 4 is 28.5 Å². The Hall–Kier alpha value is -2.33. The first-order valence-corrected chi connectivity index (χ1v) is 8.50. The number of carbonyl (C=O) groups is 1. The molecule has 1 amide bonds. The van der Waals surface area contributed by atoms with Gasteiger partial charge in [-0.15, -0.1) is 0 Å². The standard InChI is InChI=1S/C19H20ClN3O/c1-3-22(4-2)18(24)13-23-17-11-6-5-10-16(17)21-19(23)14-8-7-9-15(20)12-14/h5-12H,3-4,13H2,1-2H3. The van der Waals surface area contributed by atoms with Crippen molar-refractivity contribution in [2.45, 2.75) is 20.4 Å². The number of aromatic nitrogens is 2. The number of hydrogen-bond acceptors (Lipinski definition) is 2. The van der Waals surface area contributed by atoms with Crippen LogP contribution in [0.4, 0.5) is 0 Å². The van der Waals surface area contributed by atoms with Gasteiger partial charge in [-0.3, -0.25) is 4.79 Å². The van der Waals surface area contributed by atoms with E-state index in [0.717, 1.165) is 22.4 Å². The molecular formula is C19H20ClN3O. The second-order valence-electron chi connectivity index (χ2n) is 5.59. The van der Waals surface area contributed by atoms with Gasteiger partial charge in [0, 0.05) is 23.7 Å². The molecule has 0 atom stereocenters. The van der Waals surface area contributed by atoms with Crippen LogP contribution in [-0.2, 0) is 11.3 Å². The highest BCUT2D eigenvalue weighted by atomic mass is 35.5. The van der Waals surface area contributed by atoms with Crippen LogP contribution in [0.1, 0.15) is 13.8 Å². The summed E-state index contributed by atoms with van der Waals surface area (Å²) in [7, 11) is 0. The van der Waals surface area contributed by atoms with E-state index in [1.807, 2.05) is 71.8 Å². The third kappa shape index (κ3) is 3.15. The van der Waals surface area contributed by atoms with E-state index in [0.29, 0.717) is 18.1 Å². The number of halogens is 1. The maximum absolute atomic E-state index is 12.6. The molecule has 0 bridgehead atoms. The molecule has 5 heteroatoms. The number of amides is 1. The van der Waals surface area contributed by atoms with E-state index in [1.54, 1.807) is 0 Å². The van der Waals surface area contributed by atoms with Crippen molar-refractivity contribution in [1.29, 1.82) is 0 Å². The first kappa shape index (κ1) is 16.5. The summed E-state index contributed by atoms with van der Waals surface area (Å²) in [6, 6.07) is 15.4. The van der Waals surface area contributed by atoms with Crippen LogP contribution < -0.4 is 0 Å². The minimum Gasteiger partial charge on any atom is -0.342 e. The fraction of sp³-hybridized carbons (Fsp3) is 0.263. The van der Waals surface area contributed by atoms with Gasteiger partial charge in [-0.25, -0.2) is 4.98 Å². The molecule has 2 aromatic carbocycles. The number of para-hydroxylation sites is 2. The van der Waals surface area contributed by atoms with Crippen molar-refractivity contribution in [1.82, 2.24) is 14.5 Å². The Balaban J connectivity index is 2.11. The zero-order chi connectivity index (χ0) is 17.1. The topological polar surface area (TPSA) is 38.1 Å². The molecule has 0 unspecified atom stereocenters. The van der Waals surface area contributed by atoms with Gasteiger partial charge in [-0.2, -0.15) is 0 Å². The minimum atomic E-state index is 0.0893. The van der Waals surface area contributed by atoms with Crippen molar-refractivity contribution in [2.75, 3.05) is 13.1 Å². The lowest BCUT2D eigenvalue weighted by molar-refractivity contribution is -0.131. The molecule has 3 aromatic rings. The summed E-state index contributed by atoms with van der Waals surface area (Å²) in [5.41, 5.74) is 2.74. The Morgan fingerprint density at radius 1 is 1.12 bits per heavy atom. The van der Waals surface area contributed by atoms with Gasteiger partial charge in [0.1, 0.15) is 12.4 Å². The molecule has 0 saturated carbocycles. The van der Waals surface area contributed by atoms with E-state index < -0.39 is 0 Å². The summed E-state index contributed by atoms with van der Waals surface area (Å²) in [6.45, 7) is 5.66. The number of likely N-dealkylation sites (N-methyl/N-ethyl adjacent to an activating group) is 1. The van der Waals surface area contributed by atoms with E-state index in [-0.39, 0.29) is 12.5 Å². The van der Waals surface area contributed by atoms with Crippen LogP contribution in [0, 0.1) is 0 Å². The maximum Gasteiger partial charge on any atom is 0.242 e. The average molecular weight is 342 g/mol. The first-order valence-electron chi connectivity index (χ1n) is 8.13. The maximum atomic E-state index is 12.6. The molecule has 0 aliphatic heterocycles. The zero-order valence-corrected chi connectivity index (χ0v) is 14.6. The van der Waals surface area contributed by atoms with E-state index >= 15 is 0 Å². The summed E-state index contributed by atoms with van der Waals surface area (Å²) in [5.74, 6) is 0.852. The molecule has 0 radical (unpaired) electrons. The van der Waals surface area contributed by atoms with Crippen molar-refractivity contribution in [2.24, 2.45) is 0 Å². The molecule has 0 fully saturated rings. The predicted molar refractivity (Wildman–Crippen MR) is 98.1 cm³/mol. The largest absolute Gasteiger partial charge is 0.342 e. The number of carbonyl (C=O) groups excluding carboxylic acids is 1. The van der Waals surface area contributed by atoms with Crippen LogP contribution >= 0.6 is 11.6 Å².